The van der Waals surface area contributed by atoms with E-state index in [1.807, 2.05) is 0 Å². The number of primary amides is 1. The molecule has 0 fully saturated rings. The van der Waals surface area contributed by atoms with Gasteiger partial charge in [-0.2, -0.15) is 0 Å². The van der Waals surface area contributed by atoms with Gasteiger partial charge in [-0.25, -0.2) is 0 Å². The van der Waals surface area contributed by atoms with Crippen molar-refractivity contribution in [3.63, 3.8) is 0 Å². The number of rotatable bonds is 4. The van der Waals surface area contributed by atoms with E-state index in [-0.39, 0.29) is 11.3 Å². The zero-order valence-electron chi connectivity index (χ0n) is 9.71. The Balaban J connectivity index is 3.00. The molecule has 0 aliphatic rings. The van der Waals surface area contributed by atoms with E-state index in [2.05, 4.69) is 45.0 Å². The number of nitrogens with two attached hydrogens (primary N) is 1. The van der Waals surface area contributed by atoms with E-state index in [4.69, 9.17) is 5.73 Å². The molecule has 1 rings (SSSR count). The van der Waals surface area contributed by atoms with Crippen molar-refractivity contribution in [2.45, 2.75) is 39.0 Å². The molecule has 0 aliphatic heterocycles. The molecular weight excluding hydrogens is 186 g/mol. The second kappa shape index (κ2) is 4.47. The van der Waals surface area contributed by atoms with Crippen LogP contribution in [0.4, 0.5) is 0 Å². The largest absolute Gasteiger partial charge is 0.370 e. The van der Waals surface area contributed by atoms with Gasteiger partial charge in [-0.1, -0.05) is 43.7 Å². The first kappa shape index (κ1) is 11.8. The lowest BCUT2D eigenvalue weighted by atomic mass is 9.77. The van der Waals surface area contributed by atoms with Gasteiger partial charge in [0, 0.05) is 11.8 Å². The molecule has 0 heterocycles. The van der Waals surface area contributed by atoms with Crippen LogP contribution in [0.25, 0.3) is 0 Å². The number of carbonyl (C=O) groups excluding carboxylic acids is 1. The maximum atomic E-state index is 11.0. The topological polar surface area (TPSA) is 43.1 Å². The fourth-order valence-corrected chi connectivity index (χ4v) is 1.77. The van der Waals surface area contributed by atoms with Crippen LogP contribution in [-0.2, 0) is 10.2 Å². The van der Waals surface area contributed by atoms with Gasteiger partial charge in [0.1, 0.15) is 0 Å². The third-order valence-corrected chi connectivity index (χ3v) is 3.09. The molecule has 0 spiro atoms. The molecule has 0 aromatic heterocycles. The Morgan fingerprint density at radius 3 is 2.27 bits per heavy atom. The minimum absolute atomic E-state index is 0.125. The molecule has 0 aliphatic carbocycles. The van der Waals surface area contributed by atoms with Crippen molar-refractivity contribution in [2.24, 2.45) is 5.73 Å². The van der Waals surface area contributed by atoms with Crippen LogP contribution >= 0.6 is 0 Å². The van der Waals surface area contributed by atoms with Crippen LogP contribution in [0, 0.1) is 6.92 Å². The lowest BCUT2D eigenvalue weighted by Gasteiger charge is -2.27. The molecule has 82 valence electrons. The zero-order chi connectivity index (χ0) is 11.5. The van der Waals surface area contributed by atoms with E-state index in [1.54, 1.807) is 0 Å². The van der Waals surface area contributed by atoms with Gasteiger partial charge < -0.3 is 5.73 Å². The fraction of sp³-hybridized carbons (Fsp3) is 0.462. The fourth-order valence-electron chi connectivity index (χ4n) is 1.77. The number of amides is 1. The number of benzene rings is 1. The quantitative estimate of drug-likeness (QED) is 0.806. The lowest BCUT2D eigenvalue weighted by molar-refractivity contribution is -0.119. The number of hydrogen-bond donors (Lipinski definition) is 1. The highest BCUT2D eigenvalue weighted by atomic mass is 16.1. The zero-order valence-corrected chi connectivity index (χ0v) is 9.71. The third kappa shape index (κ3) is 2.82. The molecule has 1 aromatic rings. The molecule has 1 atom stereocenters. The Bertz CT molecular complexity index is 342. The van der Waals surface area contributed by atoms with Gasteiger partial charge in [-0.15, -0.1) is 0 Å². The molecule has 1 amide bonds. The smallest absolute Gasteiger partial charge is 0.218 e. The standard InChI is InChI=1S/C13H19NO/c1-4-13(3,9-12(14)15)11-7-5-10(2)6-8-11/h5-8H,4,9H2,1-3H3,(H2,14,15). The molecule has 1 unspecified atom stereocenters. The molecule has 15 heavy (non-hydrogen) atoms. The summed E-state index contributed by atoms with van der Waals surface area (Å²) in [6.07, 6.45) is 1.32. The normalized spacial score (nSPS) is 14.6. The van der Waals surface area contributed by atoms with Crippen LogP contribution in [0.2, 0.25) is 0 Å². The van der Waals surface area contributed by atoms with Crippen LogP contribution in [0.5, 0.6) is 0 Å². The van der Waals surface area contributed by atoms with Gasteiger partial charge >= 0.3 is 0 Å². The number of aryl methyl sites for hydroxylation is 1. The predicted molar refractivity (Wildman–Crippen MR) is 62.6 cm³/mol. The van der Waals surface area contributed by atoms with Crippen LogP contribution in [0.1, 0.15) is 37.8 Å². The van der Waals surface area contributed by atoms with Crippen LogP contribution in [0.3, 0.4) is 0 Å². The van der Waals surface area contributed by atoms with Gasteiger partial charge in [0.15, 0.2) is 0 Å². The second-order valence-electron chi connectivity index (χ2n) is 4.42. The van der Waals surface area contributed by atoms with E-state index in [9.17, 15) is 4.79 Å². The first-order valence-corrected chi connectivity index (χ1v) is 5.33. The van der Waals surface area contributed by atoms with Crippen molar-refractivity contribution in [1.29, 1.82) is 0 Å². The molecule has 0 saturated heterocycles. The summed E-state index contributed by atoms with van der Waals surface area (Å²) in [5.41, 5.74) is 7.58. The van der Waals surface area contributed by atoms with Crippen LogP contribution in [0.15, 0.2) is 24.3 Å². The minimum atomic E-state index is -0.236. The Kier molecular flexibility index (Phi) is 3.51. The van der Waals surface area contributed by atoms with Gasteiger partial charge in [0.2, 0.25) is 5.91 Å². The van der Waals surface area contributed by atoms with Gasteiger partial charge in [0.05, 0.1) is 0 Å². The SMILES string of the molecule is CCC(C)(CC(N)=O)c1ccc(C)cc1. The van der Waals surface area contributed by atoms with Crippen molar-refractivity contribution < 1.29 is 4.79 Å². The Morgan fingerprint density at radius 2 is 1.87 bits per heavy atom. The van der Waals surface area contributed by atoms with Crippen LogP contribution in [-0.4, -0.2) is 5.91 Å². The van der Waals surface area contributed by atoms with E-state index in [0.717, 1.165) is 6.42 Å². The molecule has 0 bridgehead atoms. The molecule has 2 nitrogen and oxygen atoms in total. The monoisotopic (exact) mass is 205 g/mol. The maximum Gasteiger partial charge on any atom is 0.218 e. The number of hydrogen-bond acceptors (Lipinski definition) is 1. The van der Waals surface area contributed by atoms with E-state index in [0.29, 0.717) is 6.42 Å². The van der Waals surface area contributed by atoms with Gasteiger partial charge in [-0.3, -0.25) is 4.79 Å². The predicted octanol–water partition coefficient (Wildman–Crippen LogP) is 2.54. The highest BCUT2D eigenvalue weighted by Crippen LogP contribution is 2.30. The third-order valence-electron chi connectivity index (χ3n) is 3.09. The summed E-state index contributed by atoms with van der Waals surface area (Å²) in [5.74, 6) is -0.236. The number of carbonyl (C=O) groups is 1. The molecule has 0 radical (unpaired) electrons. The average molecular weight is 205 g/mol. The summed E-state index contributed by atoms with van der Waals surface area (Å²) in [6.45, 7) is 6.23. The maximum absolute atomic E-state index is 11.0. The molecular formula is C13H19NO. The Hall–Kier alpha value is -1.31. The van der Waals surface area contributed by atoms with Crippen molar-refractivity contribution in [1.82, 2.24) is 0 Å². The summed E-state index contributed by atoms with van der Waals surface area (Å²) in [7, 11) is 0. The summed E-state index contributed by atoms with van der Waals surface area (Å²) in [6, 6.07) is 8.32. The molecule has 2 heteroatoms. The van der Waals surface area contributed by atoms with Crippen LogP contribution < -0.4 is 5.73 Å². The second-order valence-corrected chi connectivity index (χ2v) is 4.42. The highest BCUT2D eigenvalue weighted by molar-refractivity contribution is 5.75. The minimum Gasteiger partial charge on any atom is -0.370 e. The summed E-state index contributed by atoms with van der Waals surface area (Å²) in [4.78, 5) is 11.0. The highest BCUT2D eigenvalue weighted by Gasteiger charge is 2.26. The summed E-state index contributed by atoms with van der Waals surface area (Å²) < 4.78 is 0. The summed E-state index contributed by atoms with van der Waals surface area (Å²) in [5, 5.41) is 0. The lowest BCUT2D eigenvalue weighted by Crippen LogP contribution is -2.28. The van der Waals surface area contributed by atoms with Crippen molar-refractivity contribution in [3.05, 3.63) is 35.4 Å². The van der Waals surface area contributed by atoms with E-state index < -0.39 is 0 Å². The van der Waals surface area contributed by atoms with E-state index >= 15 is 0 Å². The molecule has 1 aromatic carbocycles. The van der Waals surface area contributed by atoms with Crippen molar-refractivity contribution in [3.8, 4) is 0 Å². The summed E-state index contributed by atoms with van der Waals surface area (Å²) >= 11 is 0. The first-order chi connectivity index (χ1) is 6.98. The van der Waals surface area contributed by atoms with Crippen molar-refractivity contribution in [2.75, 3.05) is 0 Å². The van der Waals surface area contributed by atoms with Gasteiger partial charge in [-0.05, 0) is 18.9 Å². The molecule has 2 N–H and O–H groups in total. The Labute approximate surface area is 91.5 Å². The van der Waals surface area contributed by atoms with Crippen molar-refractivity contribution >= 4 is 5.91 Å². The van der Waals surface area contributed by atoms with Gasteiger partial charge in [0.25, 0.3) is 0 Å². The van der Waals surface area contributed by atoms with E-state index in [1.165, 1.54) is 11.1 Å². The first-order valence-electron chi connectivity index (χ1n) is 5.33. The Morgan fingerprint density at radius 1 is 1.33 bits per heavy atom. The molecule has 0 saturated carbocycles. The average Bonchev–Trinajstić information content (AvgIpc) is 2.17.